The molecule has 1 aliphatic rings. The second kappa shape index (κ2) is 31.7. The summed E-state index contributed by atoms with van der Waals surface area (Å²) >= 11 is 0. The maximum absolute atomic E-state index is 11.4. The summed E-state index contributed by atoms with van der Waals surface area (Å²) in [5.74, 6) is -0.514. The van der Waals surface area contributed by atoms with Crippen molar-refractivity contribution in [1.29, 1.82) is 0 Å². The fourth-order valence-electron chi connectivity index (χ4n) is 6.24. The fourth-order valence-corrected chi connectivity index (χ4v) is 6.64. The lowest BCUT2D eigenvalue weighted by Gasteiger charge is -2.28. The maximum Gasteiger partial charge on any atom is 0.264 e. The molecule has 0 N–H and O–H groups in total. The predicted molar refractivity (Wildman–Crippen MR) is 207 cm³/mol. The van der Waals surface area contributed by atoms with Crippen molar-refractivity contribution < 1.29 is 22.1 Å². The zero-order valence-electron chi connectivity index (χ0n) is 31.7. The number of ether oxygens (including phenoxy) is 2. The van der Waals surface area contributed by atoms with Gasteiger partial charge in [0.05, 0.1) is 25.6 Å². The highest BCUT2D eigenvalue weighted by Crippen LogP contribution is 2.35. The van der Waals surface area contributed by atoms with E-state index in [2.05, 4.69) is 62.5 Å². The average Bonchev–Trinajstić information content (AvgIpc) is 3.46. The molecule has 1 heterocycles. The first kappa shape index (κ1) is 44.8. The number of allylic oxidation sites excluding steroid dienone is 8. The molecule has 6 heteroatoms. The van der Waals surface area contributed by atoms with E-state index in [1.54, 1.807) is 0 Å². The van der Waals surface area contributed by atoms with Crippen molar-refractivity contribution in [2.24, 2.45) is 0 Å². The van der Waals surface area contributed by atoms with Crippen LogP contribution < -0.4 is 0 Å². The molecule has 48 heavy (non-hydrogen) atoms. The first-order valence-electron chi connectivity index (χ1n) is 20.2. The Morgan fingerprint density at radius 3 is 1.40 bits per heavy atom. The van der Waals surface area contributed by atoms with Gasteiger partial charge in [-0.15, -0.1) is 0 Å². The molecule has 0 amide bonds. The molecule has 1 unspecified atom stereocenters. The molecule has 1 aliphatic heterocycles. The third-order valence-corrected chi connectivity index (χ3v) is 9.76. The second-order valence-corrected chi connectivity index (χ2v) is 15.6. The van der Waals surface area contributed by atoms with E-state index in [-0.39, 0.29) is 12.7 Å². The van der Waals surface area contributed by atoms with Gasteiger partial charge in [-0.1, -0.05) is 140 Å². The summed E-state index contributed by atoms with van der Waals surface area (Å²) in [6, 6.07) is 0. The molecule has 0 bridgehead atoms. The zero-order valence-corrected chi connectivity index (χ0v) is 32.5. The molecular weight excluding hydrogens is 617 g/mol. The minimum atomic E-state index is -3.43. The largest absolute Gasteiger partial charge is 0.347 e. The van der Waals surface area contributed by atoms with Gasteiger partial charge in [0.1, 0.15) is 0 Å². The number of rotatable bonds is 34. The molecule has 0 saturated carbocycles. The third-order valence-electron chi connectivity index (χ3n) is 9.17. The van der Waals surface area contributed by atoms with Gasteiger partial charge in [-0.3, -0.25) is 4.18 Å². The number of hydrogen-bond acceptors (Lipinski definition) is 5. The summed E-state index contributed by atoms with van der Waals surface area (Å²) in [7, 11) is -3.43. The van der Waals surface area contributed by atoms with Crippen LogP contribution in [0.1, 0.15) is 187 Å². The van der Waals surface area contributed by atoms with E-state index >= 15 is 0 Å². The van der Waals surface area contributed by atoms with E-state index in [0.717, 1.165) is 44.8 Å². The summed E-state index contributed by atoms with van der Waals surface area (Å²) < 4.78 is 40.6. The molecule has 1 fully saturated rings. The van der Waals surface area contributed by atoms with Crippen molar-refractivity contribution in [2.45, 2.75) is 199 Å². The SMILES string of the molecule is CCCCC/C=C\C/C=C\CCCCCCCCC1(CCCCCCCC/C=C\C/C=C\CCCCC)OCC(CCOS(C)(=O)=O)O1. The minimum Gasteiger partial charge on any atom is -0.347 e. The van der Waals surface area contributed by atoms with Crippen LogP contribution in [-0.4, -0.2) is 39.8 Å². The molecule has 0 spiro atoms. The van der Waals surface area contributed by atoms with E-state index in [4.69, 9.17) is 13.7 Å². The Kier molecular flexibility index (Phi) is 29.6. The Balaban J connectivity index is 2.23. The molecular formula is C42H76O5S. The van der Waals surface area contributed by atoms with Crippen LogP contribution in [0.5, 0.6) is 0 Å². The Labute approximate surface area is 298 Å². The summed E-state index contributed by atoms with van der Waals surface area (Å²) in [6.45, 7) is 5.18. The van der Waals surface area contributed by atoms with E-state index in [9.17, 15) is 8.42 Å². The van der Waals surface area contributed by atoms with E-state index in [1.165, 1.54) is 128 Å². The standard InChI is InChI=1S/C42H76O5S/c1-4-6-8-10-12-14-16-18-20-22-24-26-28-30-32-34-37-42(45-40-41(47-42)36-39-46-48(3,43)44)38-35-33-31-29-27-25-23-21-19-17-15-13-11-9-7-5-2/h12-15,18-21,41H,4-11,16-17,22-40H2,1-3H3/b14-12-,15-13-,20-18-,21-19-. The molecule has 280 valence electrons. The van der Waals surface area contributed by atoms with E-state index < -0.39 is 15.9 Å². The van der Waals surface area contributed by atoms with Crippen molar-refractivity contribution in [2.75, 3.05) is 19.5 Å². The Hall–Kier alpha value is -1.21. The summed E-state index contributed by atoms with van der Waals surface area (Å²) in [5, 5.41) is 0. The first-order valence-corrected chi connectivity index (χ1v) is 22.0. The van der Waals surface area contributed by atoms with Crippen LogP contribution in [0.4, 0.5) is 0 Å². The van der Waals surface area contributed by atoms with Crippen LogP contribution in [0.15, 0.2) is 48.6 Å². The van der Waals surface area contributed by atoms with Crippen LogP contribution >= 0.6 is 0 Å². The number of hydrogen-bond donors (Lipinski definition) is 0. The molecule has 0 aromatic carbocycles. The zero-order chi connectivity index (χ0) is 34.9. The van der Waals surface area contributed by atoms with Crippen LogP contribution in [0.2, 0.25) is 0 Å². The van der Waals surface area contributed by atoms with E-state index in [0.29, 0.717) is 13.0 Å². The third kappa shape index (κ3) is 28.6. The summed E-state index contributed by atoms with van der Waals surface area (Å²) in [6.07, 6.45) is 51.7. The lowest BCUT2D eigenvalue weighted by Crippen LogP contribution is -2.31. The Morgan fingerprint density at radius 2 is 0.979 bits per heavy atom. The van der Waals surface area contributed by atoms with Crippen LogP contribution in [0.3, 0.4) is 0 Å². The second-order valence-electron chi connectivity index (χ2n) is 13.9. The lowest BCUT2D eigenvalue weighted by atomic mass is 9.98. The van der Waals surface area contributed by atoms with Gasteiger partial charge in [0.25, 0.3) is 10.1 Å². The van der Waals surface area contributed by atoms with Crippen LogP contribution in [0.25, 0.3) is 0 Å². The predicted octanol–water partition coefficient (Wildman–Crippen LogP) is 12.9. The fraction of sp³-hybridized carbons (Fsp3) is 0.810. The normalized spacial score (nSPS) is 16.9. The van der Waals surface area contributed by atoms with Crippen molar-refractivity contribution in [3.05, 3.63) is 48.6 Å². The van der Waals surface area contributed by atoms with Gasteiger partial charge in [-0.25, -0.2) is 0 Å². The van der Waals surface area contributed by atoms with Gasteiger partial charge in [0.2, 0.25) is 0 Å². The Bertz CT molecular complexity index is 888. The molecule has 1 saturated heterocycles. The summed E-state index contributed by atoms with van der Waals surface area (Å²) in [4.78, 5) is 0. The van der Waals surface area contributed by atoms with Crippen LogP contribution in [0, 0.1) is 0 Å². The minimum absolute atomic E-state index is 0.0963. The van der Waals surface area contributed by atoms with Gasteiger partial charge in [0.15, 0.2) is 5.79 Å². The van der Waals surface area contributed by atoms with Crippen molar-refractivity contribution >= 4 is 10.1 Å². The molecule has 5 nitrogen and oxygen atoms in total. The van der Waals surface area contributed by atoms with Gasteiger partial charge >= 0.3 is 0 Å². The molecule has 0 aromatic heterocycles. The van der Waals surface area contributed by atoms with Crippen molar-refractivity contribution in [3.63, 3.8) is 0 Å². The molecule has 0 aliphatic carbocycles. The highest BCUT2D eigenvalue weighted by molar-refractivity contribution is 7.85. The monoisotopic (exact) mass is 693 g/mol. The average molecular weight is 693 g/mol. The van der Waals surface area contributed by atoms with Crippen LogP contribution in [-0.2, 0) is 23.8 Å². The Morgan fingerprint density at radius 1 is 0.583 bits per heavy atom. The smallest absolute Gasteiger partial charge is 0.264 e. The highest BCUT2D eigenvalue weighted by atomic mass is 32.2. The molecule has 0 radical (unpaired) electrons. The molecule has 0 aromatic rings. The van der Waals surface area contributed by atoms with Crippen molar-refractivity contribution in [3.8, 4) is 0 Å². The number of unbranched alkanes of at least 4 members (excludes halogenated alkanes) is 18. The highest BCUT2D eigenvalue weighted by Gasteiger charge is 2.40. The summed E-state index contributed by atoms with van der Waals surface area (Å²) in [5.41, 5.74) is 0. The van der Waals surface area contributed by atoms with Gasteiger partial charge in [-0.2, -0.15) is 8.42 Å². The topological polar surface area (TPSA) is 61.8 Å². The lowest BCUT2D eigenvalue weighted by molar-refractivity contribution is -0.180. The van der Waals surface area contributed by atoms with Gasteiger partial charge in [0, 0.05) is 19.3 Å². The first-order chi connectivity index (χ1) is 23.4. The molecule has 1 atom stereocenters. The van der Waals surface area contributed by atoms with E-state index in [1.807, 2.05) is 0 Å². The molecule has 1 rings (SSSR count). The van der Waals surface area contributed by atoms with Gasteiger partial charge in [-0.05, 0) is 77.0 Å². The van der Waals surface area contributed by atoms with Crippen molar-refractivity contribution in [1.82, 2.24) is 0 Å². The van der Waals surface area contributed by atoms with Gasteiger partial charge < -0.3 is 9.47 Å². The quantitative estimate of drug-likeness (QED) is 0.0381. The maximum atomic E-state index is 11.4.